The van der Waals surface area contributed by atoms with Gasteiger partial charge in [0, 0.05) is 0 Å². The second-order valence-electron chi connectivity index (χ2n) is 2.35. The molecule has 1 rings (SSSR count). The van der Waals surface area contributed by atoms with Crippen LogP contribution in [0.1, 0.15) is 5.56 Å². The van der Waals surface area contributed by atoms with Crippen LogP contribution in [-0.2, 0) is 10.2 Å². The van der Waals surface area contributed by atoms with Crippen LogP contribution in [0.2, 0.25) is 0 Å². The van der Waals surface area contributed by atoms with Crippen molar-refractivity contribution in [2.75, 3.05) is 0 Å². The van der Waals surface area contributed by atoms with Crippen LogP contribution in [0.4, 0.5) is 8.28 Å². The number of hydrogen-bond acceptors (Lipinski definition) is 2. The minimum Gasteiger partial charge on any atom is -0.207 e. The highest BCUT2D eigenvalue weighted by Crippen LogP contribution is 2.15. The predicted octanol–water partition coefficient (Wildman–Crippen LogP) is 1.79. The Bertz CT molecular complexity index is 398. The lowest BCUT2D eigenvalue weighted by Gasteiger charge is -1.97. The Kier molecular flexibility index (Phi) is 2.14. The van der Waals surface area contributed by atoms with Crippen molar-refractivity contribution in [3.63, 3.8) is 0 Å². The Labute approximate surface area is 69.0 Å². The summed E-state index contributed by atoms with van der Waals surface area (Å²) in [4.78, 5) is -0.513. The summed E-state index contributed by atoms with van der Waals surface area (Å²) in [6.07, 6.45) is 0. The fourth-order valence-electron chi connectivity index (χ4n) is 0.769. The second-order valence-corrected chi connectivity index (χ2v) is 3.70. The molecular formula is C7H6F2O2S. The van der Waals surface area contributed by atoms with Crippen LogP contribution in [0.5, 0.6) is 0 Å². The number of aryl methyl sites for hydroxylation is 1. The first-order valence-corrected chi connectivity index (χ1v) is 4.50. The maximum atomic E-state index is 12.6. The molecule has 0 atom stereocenters. The van der Waals surface area contributed by atoms with Gasteiger partial charge in [0.15, 0.2) is 0 Å². The van der Waals surface area contributed by atoms with E-state index in [9.17, 15) is 16.7 Å². The molecule has 0 unspecified atom stereocenters. The average molecular weight is 192 g/mol. The lowest BCUT2D eigenvalue weighted by atomic mass is 10.2. The first-order chi connectivity index (χ1) is 5.41. The van der Waals surface area contributed by atoms with Crippen LogP contribution in [0, 0.1) is 12.7 Å². The molecule has 0 N–H and O–H groups in total. The molecule has 66 valence electrons. The number of rotatable bonds is 1. The molecule has 0 saturated heterocycles. The third kappa shape index (κ3) is 1.79. The van der Waals surface area contributed by atoms with Crippen molar-refractivity contribution in [2.45, 2.75) is 11.8 Å². The molecule has 0 radical (unpaired) electrons. The SMILES string of the molecule is Cc1cc(S(=O)(=O)F)ccc1F. The maximum absolute atomic E-state index is 12.6. The highest BCUT2D eigenvalue weighted by Gasteiger charge is 2.12. The van der Waals surface area contributed by atoms with Gasteiger partial charge in [-0.05, 0) is 30.7 Å². The van der Waals surface area contributed by atoms with Crippen LogP contribution in [0.3, 0.4) is 0 Å². The van der Waals surface area contributed by atoms with Gasteiger partial charge in [0.1, 0.15) is 5.82 Å². The molecule has 0 heterocycles. The Hall–Kier alpha value is -0.970. The molecule has 2 nitrogen and oxygen atoms in total. The summed E-state index contributed by atoms with van der Waals surface area (Å²) in [5, 5.41) is 0. The van der Waals surface area contributed by atoms with E-state index in [1.807, 2.05) is 0 Å². The summed E-state index contributed by atoms with van der Waals surface area (Å²) in [5.74, 6) is -0.553. The third-order valence-corrected chi connectivity index (χ3v) is 2.23. The first-order valence-electron chi connectivity index (χ1n) is 3.12. The Balaban J connectivity index is 3.33. The predicted molar refractivity (Wildman–Crippen MR) is 39.4 cm³/mol. The Morgan fingerprint density at radius 2 is 1.92 bits per heavy atom. The molecule has 0 bridgehead atoms. The van der Waals surface area contributed by atoms with Gasteiger partial charge >= 0.3 is 10.2 Å². The molecule has 12 heavy (non-hydrogen) atoms. The number of hydrogen-bond donors (Lipinski definition) is 0. The fourth-order valence-corrected chi connectivity index (χ4v) is 1.32. The van der Waals surface area contributed by atoms with Crippen LogP contribution in [0.25, 0.3) is 0 Å². The van der Waals surface area contributed by atoms with Crippen LogP contribution >= 0.6 is 0 Å². The summed E-state index contributed by atoms with van der Waals surface area (Å²) in [6.45, 7) is 1.37. The summed E-state index contributed by atoms with van der Waals surface area (Å²) in [7, 11) is -4.71. The molecule has 0 saturated carbocycles. The Morgan fingerprint density at radius 1 is 1.33 bits per heavy atom. The topological polar surface area (TPSA) is 34.1 Å². The van der Waals surface area contributed by atoms with E-state index in [2.05, 4.69) is 0 Å². The molecule has 0 aliphatic heterocycles. The van der Waals surface area contributed by atoms with E-state index in [0.717, 1.165) is 18.2 Å². The molecule has 0 spiro atoms. The van der Waals surface area contributed by atoms with Gasteiger partial charge in [-0.3, -0.25) is 0 Å². The van der Waals surface area contributed by atoms with Gasteiger partial charge in [0.05, 0.1) is 4.90 Å². The minimum atomic E-state index is -4.71. The summed E-state index contributed by atoms with van der Waals surface area (Å²) >= 11 is 0. The van der Waals surface area contributed by atoms with Crippen molar-refractivity contribution in [3.05, 3.63) is 29.6 Å². The van der Waals surface area contributed by atoms with E-state index in [1.165, 1.54) is 6.92 Å². The van der Waals surface area contributed by atoms with Gasteiger partial charge in [-0.25, -0.2) is 4.39 Å². The van der Waals surface area contributed by atoms with Gasteiger partial charge in [-0.1, -0.05) is 0 Å². The van der Waals surface area contributed by atoms with E-state index in [-0.39, 0.29) is 5.56 Å². The van der Waals surface area contributed by atoms with E-state index in [1.54, 1.807) is 0 Å². The van der Waals surface area contributed by atoms with Crippen molar-refractivity contribution in [1.82, 2.24) is 0 Å². The van der Waals surface area contributed by atoms with Crippen molar-refractivity contribution in [3.8, 4) is 0 Å². The molecule has 5 heteroatoms. The van der Waals surface area contributed by atoms with Gasteiger partial charge in [0.2, 0.25) is 0 Å². The Morgan fingerprint density at radius 3 is 2.33 bits per heavy atom. The molecule has 1 aromatic rings. The fraction of sp³-hybridized carbons (Fsp3) is 0.143. The summed E-state index contributed by atoms with van der Waals surface area (Å²) < 4.78 is 45.5. The quantitative estimate of drug-likeness (QED) is 0.636. The molecule has 0 aromatic heterocycles. The molecule has 0 aliphatic carbocycles. The van der Waals surface area contributed by atoms with Gasteiger partial charge in [0.25, 0.3) is 0 Å². The zero-order valence-electron chi connectivity index (χ0n) is 6.21. The lowest BCUT2D eigenvalue weighted by Crippen LogP contribution is -1.93. The van der Waals surface area contributed by atoms with E-state index in [0.29, 0.717) is 0 Å². The van der Waals surface area contributed by atoms with Gasteiger partial charge in [-0.15, -0.1) is 3.89 Å². The number of halogens is 2. The van der Waals surface area contributed by atoms with E-state index >= 15 is 0 Å². The molecule has 0 aliphatic rings. The molecule has 1 aromatic carbocycles. The molecule has 0 fully saturated rings. The lowest BCUT2D eigenvalue weighted by molar-refractivity contribution is 0.551. The summed E-state index contributed by atoms with van der Waals surface area (Å²) in [5.41, 5.74) is 0.105. The van der Waals surface area contributed by atoms with Gasteiger partial charge < -0.3 is 0 Å². The molecular weight excluding hydrogens is 186 g/mol. The monoisotopic (exact) mass is 192 g/mol. The van der Waals surface area contributed by atoms with Crippen LogP contribution in [0.15, 0.2) is 23.1 Å². The third-order valence-electron chi connectivity index (χ3n) is 1.41. The van der Waals surface area contributed by atoms with Crippen LogP contribution < -0.4 is 0 Å². The van der Waals surface area contributed by atoms with Crippen molar-refractivity contribution in [1.29, 1.82) is 0 Å². The van der Waals surface area contributed by atoms with Crippen LogP contribution in [-0.4, -0.2) is 8.42 Å². The molecule has 0 amide bonds. The first kappa shape index (κ1) is 9.12. The van der Waals surface area contributed by atoms with E-state index in [4.69, 9.17) is 0 Å². The standard InChI is InChI=1S/C7H6F2O2S/c1-5-4-6(12(9,10)11)2-3-7(5)8/h2-4H,1H3. The highest BCUT2D eigenvalue weighted by molar-refractivity contribution is 7.86. The highest BCUT2D eigenvalue weighted by atomic mass is 32.3. The van der Waals surface area contributed by atoms with Crippen molar-refractivity contribution >= 4 is 10.2 Å². The number of benzene rings is 1. The second kappa shape index (κ2) is 2.82. The zero-order valence-corrected chi connectivity index (χ0v) is 7.03. The normalized spacial score (nSPS) is 11.6. The van der Waals surface area contributed by atoms with Gasteiger partial charge in [-0.2, -0.15) is 8.42 Å². The average Bonchev–Trinajstić information content (AvgIpc) is 1.92. The minimum absolute atomic E-state index is 0.105. The van der Waals surface area contributed by atoms with E-state index < -0.39 is 20.9 Å². The van der Waals surface area contributed by atoms with Crippen molar-refractivity contribution < 1.29 is 16.7 Å². The maximum Gasteiger partial charge on any atom is 0.332 e. The summed E-state index contributed by atoms with van der Waals surface area (Å²) in [6, 6.07) is 2.75. The largest absolute Gasteiger partial charge is 0.332 e. The zero-order chi connectivity index (χ0) is 9.35. The van der Waals surface area contributed by atoms with Crippen molar-refractivity contribution in [2.24, 2.45) is 0 Å². The smallest absolute Gasteiger partial charge is 0.207 e.